The van der Waals surface area contributed by atoms with Crippen LogP contribution < -0.4 is 5.73 Å². The Bertz CT molecular complexity index is 274. The average molecular weight is 252 g/mol. The minimum Gasteiger partial charge on any atom is -0.395 e. The quantitative estimate of drug-likeness (QED) is 0.801. The van der Waals surface area contributed by atoms with Gasteiger partial charge in [0.2, 0.25) is 0 Å². The molecule has 0 aromatic heterocycles. The van der Waals surface area contributed by atoms with Gasteiger partial charge in [0.05, 0.1) is 6.61 Å². The maximum atomic E-state index is 9.66. The molecule has 3 aliphatic rings. The summed E-state index contributed by atoms with van der Waals surface area (Å²) in [4.78, 5) is 2.48. The van der Waals surface area contributed by atoms with Crippen molar-refractivity contribution in [3.05, 3.63) is 0 Å². The Morgan fingerprint density at radius 1 is 1.11 bits per heavy atom. The van der Waals surface area contributed by atoms with E-state index < -0.39 is 0 Å². The van der Waals surface area contributed by atoms with Gasteiger partial charge in [-0.2, -0.15) is 0 Å². The van der Waals surface area contributed by atoms with Crippen molar-refractivity contribution in [3.8, 4) is 0 Å². The molecule has 0 bridgehead atoms. The lowest BCUT2D eigenvalue weighted by Gasteiger charge is -2.44. The number of nitrogens with zero attached hydrogens (tertiary/aromatic N) is 1. The lowest BCUT2D eigenvalue weighted by atomic mass is 9.76. The van der Waals surface area contributed by atoms with Gasteiger partial charge in [-0.25, -0.2) is 0 Å². The molecule has 0 aromatic rings. The van der Waals surface area contributed by atoms with Crippen LogP contribution >= 0.6 is 0 Å². The number of piperidine rings is 1. The first-order valence-corrected chi connectivity index (χ1v) is 7.85. The van der Waals surface area contributed by atoms with E-state index in [1.807, 2.05) is 0 Å². The van der Waals surface area contributed by atoms with Gasteiger partial charge >= 0.3 is 0 Å². The maximum Gasteiger partial charge on any atom is 0.0602 e. The van der Waals surface area contributed by atoms with Crippen LogP contribution in [0.1, 0.15) is 51.4 Å². The smallest absolute Gasteiger partial charge is 0.0602 e. The predicted molar refractivity (Wildman–Crippen MR) is 73.3 cm³/mol. The number of aliphatic hydroxyl groups excluding tert-OH is 1. The molecule has 3 N–H and O–H groups in total. The van der Waals surface area contributed by atoms with E-state index in [-0.39, 0.29) is 18.7 Å². The summed E-state index contributed by atoms with van der Waals surface area (Å²) in [6.45, 7) is 2.56. The molecule has 1 spiro atoms. The first-order valence-electron chi connectivity index (χ1n) is 7.85. The molecule has 2 unspecified atom stereocenters. The summed E-state index contributed by atoms with van der Waals surface area (Å²) in [7, 11) is 0. The van der Waals surface area contributed by atoms with E-state index in [1.165, 1.54) is 51.4 Å². The summed E-state index contributed by atoms with van der Waals surface area (Å²) in [5.74, 6) is 0.685. The normalized spacial score (nSPS) is 31.7. The molecule has 3 heteroatoms. The Labute approximate surface area is 111 Å². The molecule has 0 amide bonds. The maximum absolute atomic E-state index is 9.66. The third-order valence-electron chi connectivity index (χ3n) is 5.79. The summed E-state index contributed by atoms with van der Waals surface area (Å²) in [6.07, 6.45) is 11.0. The van der Waals surface area contributed by atoms with Crippen molar-refractivity contribution < 1.29 is 5.11 Å². The zero-order valence-electron chi connectivity index (χ0n) is 11.5. The van der Waals surface area contributed by atoms with E-state index in [0.717, 1.165) is 13.1 Å². The summed E-state index contributed by atoms with van der Waals surface area (Å²) in [5.41, 5.74) is 6.97. The van der Waals surface area contributed by atoms with Crippen LogP contribution in [0.4, 0.5) is 0 Å². The highest BCUT2D eigenvalue weighted by Crippen LogP contribution is 2.46. The van der Waals surface area contributed by atoms with Crippen molar-refractivity contribution in [1.82, 2.24) is 4.90 Å². The van der Waals surface area contributed by atoms with E-state index >= 15 is 0 Å². The molecule has 2 atom stereocenters. The minimum atomic E-state index is 0.202. The largest absolute Gasteiger partial charge is 0.395 e. The molecule has 0 radical (unpaired) electrons. The number of aliphatic hydroxyl groups is 1. The van der Waals surface area contributed by atoms with Gasteiger partial charge in [0.25, 0.3) is 0 Å². The number of hydrogen-bond acceptors (Lipinski definition) is 3. The Morgan fingerprint density at radius 2 is 1.72 bits per heavy atom. The molecule has 1 saturated heterocycles. The molecule has 3 rings (SSSR count). The standard InChI is InChI=1S/C15H28N2O/c16-14(12-3-4-12)13(11-18)17-9-7-15(8-10-17)5-1-2-6-15/h12-14,18H,1-11,16H2. The van der Waals surface area contributed by atoms with Gasteiger partial charge in [-0.15, -0.1) is 0 Å². The second-order valence-electron chi connectivity index (χ2n) is 6.91. The summed E-state index contributed by atoms with van der Waals surface area (Å²) >= 11 is 0. The summed E-state index contributed by atoms with van der Waals surface area (Å²) < 4.78 is 0. The van der Waals surface area contributed by atoms with Crippen molar-refractivity contribution in [2.24, 2.45) is 17.1 Å². The second-order valence-corrected chi connectivity index (χ2v) is 6.91. The molecular weight excluding hydrogens is 224 g/mol. The molecule has 3 fully saturated rings. The molecule has 1 heterocycles. The van der Waals surface area contributed by atoms with Crippen LogP contribution in [0.3, 0.4) is 0 Å². The Kier molecular flexibility index (Phi) is 3.65. The first kappa shape index (κ1) is 12.9. The fourth-order valence-electron chi connectivity index (χ4n) is 4.23. The molecule has 104 valence electrons. The fourth-order valence-corrected chi connectivity index (χ4v) is 4.23. The highest BCUT2D eigenvalue weighted by Gasteiger charge is 2.41. The fraction of sp³-hybridized carbons (Fsp3) is 1.00. The third kappa shape index (κ3) is 2.45. The molecule has 1 aliphatic heterocycles. The Morgan fingerprint density at radius 3 is 2.22 bits per heavy atom. The van der Waals surface area contributed by atoms with E-state index in [2.05, 4.69) is 4.90 Å². The number of nitrogens with two attached hydrogens (primary N) is 1. The SMILES string of the molecule is NC(C1CC1)C(CO)N1CCC2(CCCC2)CC1. The van der Waals surface area contributed by atoms with E-state index in [0.29, 0.717) is 11.3 Å². The molecule has 2 aliphatic carbocycles. The molecule has 0 aromatic carbocycles. The van der Waals surface area contributed by atoms with E-state index in [4.69, 9.17) is 5.73 Å². The highest BCUT2D eigenvalue weighted by molar-refractivity contribution is 4.97. The molecule has 2 saturated carbocycles. The van der Waals surface area contributed by atoms with Crippen LogP contribution in [-0.4, -0.2) is 41.8 Å². The van der Waals surface area contributed by atoms with Gasteiger partial charge in [-0.05, 0) is 62.9 Å². The van der Waals surface area contributed by atoms with Crippen LogP contribution in [0.5, 0.6) is 0 Å². The third-order valence-corrected chi connectivity index (χ3v) is 5.79. The predicted octanol–water partition coefficient (Wildman–Crippen LogP) is 1.74. The average Bonchev–Trinajstić information content (AvgIpc) is 3.15. The van der Waals surface area contributed by atoms with Crippen LogP contribution in [0, 0.1) is 11.3 Å². The number of hydrogen-bond donors (Lipinski definition) is 2. The minimum absolute atomic E-state index is 0.202. The topological polar surface area (TPSA) is 49.5 Å². The van der Waals surface area contributed by atoms with Gasteiger partial charge in [0.1, 0.15) is 0 Å². The summed E-state index contributed by atoms with van der Waals surface area (Å²) in [6, 6.07) is 0.420. The molecule has 18 heavy (non-hydrogen) atoms. The van der Waals surface area contributed by atoms with E-state index in [1.54, 1.807) is 0 Å². The van der Waals surface area contributed by atoms with Crippen LogP contribution in [0.2, 0.25) is 0 Å². The van der Waals surface area contributed by atoms with Gasteiger partial charge in [0, 0.05) is 12.1 Å². The van der Waals surface area contributed by atoms with Gasteiger partial charge < -0.3 is 10.8 Å². The van der Waals surface area contributed by atoms with Gasteiger partial charge in [-0.3, -0.25) is 4.90 Å². The zero-order chi connectivity index (χ0) is 12.6. The summed E-state index contributed by atoms with van der Waals surface area (Å²) in [5, 5.41) is 9.66. The lowest BCUT2D eigenvalue weighted by molar-refractivity contribution is 0.0365. The monoisotopic (exact) mass is 252 g/mol. The van der Waals surface area contributed by atoms with Gasteiger partial charge in [0.15, 0.2) is 0 Å². The van der Waals surface area contributed by atoms with Crippen LogP contribution in [-0.2, 0) is 0 Å². The first-order chi connectivity index (χ1) is 8.74. The van der Waals surface area contributed by atoms with Crippen molar-refractivity contribution >= 4 is 0 Å². The van der Waals surface area contributed by atoms with E-state index in [9.17, 15) is 5.11 Å². The van der Waals surface area contributed by atoms with Crippen LogP contribution in [0.15, 0.2) is 0 Å². The number of likely N-dealkylation sites (tertiary alicyclic amines) is 1. The van der Waals surface area contributed by atoms with Gasteiger partial charge in [-0.1, -0.05) is 12.8 Å². The number of rotatable bonds is 4. The van der Waals surface area contributed by atoms with Crippen molar-refractivity contribution in [1.29, 1.82) is 0 Å². The lowest BCUT2D eigenvalue weighted by Crippen LogP contribution is -2.54. The Balaban J connectivity index is 1.56. The van der Waals surface area contributed by atoms with Crippen molar-refractivity contribution in [2.75, 3.05) is 19.7 Å². The molecule has 3 nitrogen and oxygen atoms in total. The Hall–Kier alpha value is -0.120. The van der Waals surface area contributed by atoms with Crippen LogP contribution in [0.25, 0.3) is 0 Å². The highest BCUT2D eigenvalue weighted by atomic mass is 16.3. The van der Waals surface area contributed by atoms with Crippen molar-refractivity contribution in [2.45, 2.75) is 63.5 Å². The zero-order valence-corrected chi connectivity index (χ0v) is 11.5. The molecular formula is C15H28N2O. The van der Waals surface area contributed by atoms with Crippen molar-refractivity contribution in [3.63, 3.8) is 0 Å². The second kappa shape index (κ2) is 5.10.